The zero-order chi connectivity index (χ0) is 11.4. The van der Waals surface area contributed by atoms with Crippen molar-refractivity contribution in [3.05, 3.63) is 35.9 Å². The first-order valence-corrected chi connectivity index (χ1v) is 4.75. The molecule has 0 aromatic heterocycles. The van der Waals surface area contributed by atoms with Crippen molar-refractivity contribution in [3.8, 4) is 0 Å². The van der Waals surface area contributed by atoms with Crippen molar-refractivity contribution < 1.29 is 15.0 Å². The molecule has 4 N–H and O–H groups in total. The van der Waals surface area contributed by atoms with Crippen molar-refractivity contribution in [3.63, 3.8) is 0 Å². The zero-order valence-corrected chi connectivity index (χ0v) is 8.50. The van der Waals surface area contributed by atoms with Gasteiger partial charge in [-0.1, -0.05) is 30.3 Å². The van der Waals surface area contributed by atoms with Gasteiger partial charge in [0, 0.05) is 5.92 Å². The average molecular weight is 209 g/mol. The fraction of sp³-hybridized carbons (Fsp3) is 0.364. The second-order valence-electron chi connectivity index (χ2n) is 3.54. The summed E-state index contributed by atoms with van der Waals surface area (Å²) in [6.07, 6.45) is -0.793. The van der Waals surface area contributed by atoms with Gasteiger partial charge in [0.2, 0.25) is 0 Å². The molecule has 0 fully saturated rings. The van der Waals surface area contributed by atoms with Gasteiger partial charge in [0.1, 0.15) is 6.04 Å². The van der Waals surface area contributed by atoms with Gasteiger partial charge in [-0.25, -0.2) is 0 Å². The summed E-state index contributed by atoms with van der Waals surface area (Å²) >= 11 is 0. The van der Waals surface area contributed by atoms with Crippen LogP contribution in [0.15, 0.2) is 30.3 Å². The van der Waals surface area contributed by atoms with E-state index in [1.54, 1.807) is 31.2 Å². The van der Waals surface area contributed by atoms with Crippen molar-refractivity contribution in [2.45, 2.75) is 25.0 Å². The Bertz CT molecular complexity index is 324. The van der Waals surface area contributed by atoms with E-state index in [0.717, 1.165) is 5.56 Å². The second kappa shape index (κ2) is 4.91. The van der Waals surface area contributed by atoms with Crippen LogP contribution in [0.25, 0.3) is 0 Å². The number of benzene rings is 1. The van der Waals surface area contributed by atoms with E-state index in [-0.39, 0.29) is 0 Å². The van der Waals surface area contributed by atoms with Gasteiger partial charge in [-0.05, 0) is 12.5 Å². The monoisotopic (exact) mass is 209 g/mol. The first kappa shape index (κ1) is 11.7. The first-order valence-electron chi connectivity index (χ1n) is 4.75. The van der Waals surface area contributed by atoms with Crippen LogP contribution in [-0.2, 0) is 4.79 Å². The van der Waals surface area contributed by atoms with Gasteiger partial charge >= 0.3 is 5.97 Å². The summed E-state index contributed by atoms with van der Waals surface area (Å²) < 4.78 is 0. The molecule has 0 saturated heterocycles. The van der Waals surface area contributed by atoms with Crippen molar-refractivity contribution in [1.29, 1.82) is 0 Å². The normalized spacial score (nSPS) is 16.7. The Morgan fingerprint density at radius 1 is 1.33 bits per heavy atom. The molecule has 0 heterocycles. The quantitative estimate of drug-likeness (QED) is 0.676. The summed E-state index contributed by atoms with van der Waals surface area (Å²) in [7, 11) is 0. The van der Waals surface area contributed by atoms with Crippen molar-refractivity contribution in [2.24, 2.45) is 5.73 Å². The number of hydrogen-bond acceptors (Lipinski definition) is 3. The Morgan fingerprint density at radius 2 is 1.87 bits per heavy atom. The molecule has 0 aliphatic rings. The van der Waals surface area contributed by atoms with Gasteiger partial charge in [0.15, 0.2) is 0 Å². The molecule has 0 saturated carbocycles. The number of carboxylic acids is 1. The number of aliphatic hydroxyl groups is 1. The number of aliphatic hydroxyl groups excluding tert-OH is 1. The summed E-state index contributed by atoms with van der Waals surface area (Å²) in [5.41, 5.74) is 6.27. The van der Waals surface area contributed by atoms with Crippen molar-refractivity contribution >= 4 is 5.97 Å². The third-order valence-corrected chi connectivity index (χ3v) is 2.38. The van der Waals surface area contributed by atoms with Crippen LogP contribution in [-0.4, -0.2) is 28.3 Å². The van der Waals surface area contributed by atoms with E-state index in [9.17, 15) is 9.90 Å². The highest BCUT2D eigenvalue weighted by Crippen LogP contribution is 2.22. The van der Waals surface area contributed by atoms with Crippen LogP contribution in [0.3, 0.4) is 0 Å². The van der Waals surface area contributed by atoms with Crippen molar-refractivity contribution in [2.75, 3.05) is 0 Å². The summed E-state index contributed by atoms with van der Waals surface area (Å²) in [5, 5.41) is 18.4. The van der Waals surface area contributed by atoms with Crippen LogP contribution >= 0.6 is 0 Å². The van der Waals surface area contributed by atoms with Crippen LogP contribution in [0.4, 0.5) is 0 Å². The van der Waals surface area contributed by atoms with E-state index < -0.39 is 24.0 Å². The molecular weight excluding hydrogens is 194 g/mol. The summed E-state index contributed by atoms with van der Waals surface area (Å²) in [5.74, 6) is -1.69. The average Bonchev–Trinajstić information content (AvgIpc) is 2.18. The molecule has 82 valence electrons. The van der Waals surface area contributed by atoms with E-state index >= 15 is 0 Å². The molecule has 1 rings (SSSR count). The third-order valence-electron chi connectivity index (χ3n) is 2.38. The molecular formula is C11H15NO3. The topological polar surface area (TPSA) is 83.5 Å². The smallest absolute Gasteiger partial charge is 0.321 e. The number of nitrogens with two attached hydrogens (primary N) is 1. The minimum absolute atomic E-state index is 0.580. The van der Waals surface area contributed by atoms with E-state index in [2.05, 4.69) is 0 Å². The standard InChI is InChI=1S/C11H15NO3/c1-7(13)9(10(12)11(14)15)8-5-3-2-4-6-8/h2-7,9-10,13H,12H2,1H3,(H,14,15)/t7-,9?,10?/m1/s1. The minimum Gasteiger partial charge on any atom is -0.480 e. The van der Waals surface area contributed by atoms with E-state index in [4.69, 9.17) is 10.8 Å². The molecule has 1 aromatic carbocycles. The minimum atomic E-state index is -1.11. The van der Waals surface area contributed by atoms with Gasteiger partial charge in [0.25, 0.3) is 0 Å². The van der Waals surface area contributed by atoms with Gasteiger partial charge in [0.05, 0.1) is 6.10 Å². The lowest BCUT2D eigenvalue weighted by Gasteiger charge is -2.23. The summed E-state index contributed by atoms with van der Waals surface area (Å²) in [4.78, 5) is 10.8. The van der Waals surface area contributed by atoms with E-state index in [1.807, 2.05) is 6.07 Å². The Morgan fingerprint density at radius 3 is 2.27 bits per heavy atom. The lowest BCUT2D eigenvalue weighted by molar-refractivity contribution is -0.139. The number of carboxylic acid groups (broad SMARTS) is 1. The number of rotatable bonds is 4. The summed E-state index contributed by atoms with van der Waals surface area (Å²) in [6, 6.07) is 7.85. The van der Waals surface area contributed by atoms with E-state index in [0.29, 0.717) is 0 Å². The van der Waals surface area contributed by atoms with Crippen LogP contribution in [0.1, 0.15) is 18.4 Å². The fourth-order valence-electron chi connectivity index (χ4n) is 1.61. The van der Waals surface area contributed by atoms with Gasteiger partial charge in [-0.3, -0.25) is 4.79 Å². The van der Waals surface area contributed by atoms with Gasteiger partial charge < -0.3 is 15.9 Å². The van der Waals surface area contributed by atoms with Crippen LogP contribution in [0, 0.1) is 0 Å². The second-order valence-corrected chi connectivity index (χ2v) is 3.54. The third kappa shape index (κ3) is 2.78. The van der Waals surface area contributed by atoms with E-state index in [1.165, 1.54) is 0 Å². The molecule has 0 bridgehead atoms. The molecule has 3 atom stereocenters. The Hall–Kier alpha value is -1.39. The fourth-order valence-corrected chi connectivity index (χ4v) is 1.61. The lowest BCUT2D eigenvalue weighted by Crippen LogP contribution is -2.41. The van der Waals surface area contributed by atoms with Gasteiger partial charge in [-0.2, -0.15) is 0 Å². The lowest BCUT2D eigenvalue weighted by atomic mass is 9.88. The van der Waals surface area contributed by atoms with Crippen LogP contribution < -0.4 is 5.73 Å². The molecule has 0 aliphatic carbocycles. The highest BCUT2D eigenvalue weighted by molar-refractivity contribution is 5.74. The molecule has 0 radical (unpaired) electrons. The Kier molecular flexibility index (Phi) is 3.82. The molecule has 0 spiro atoms. The molecule has 2 unspecified atom stereocenters. The van der Waals surface area contributed by atoms with Crippen molar-refractivity contribution in [1.82, 2.24) is 0 Å². The summed E-state index contributed by atoms with van der Waals surface area (Å²) in [6.45, 7) is 1.54. The number of aliphatic carboxylic acids is 1. The first-order chi connectivity index (χ1) is 7.04. The highest BCUT2D eigenvalue weighted by atomic mass is 16.4. The SMILES string of the molecule is C[C@@H](O)C(c1ccccc1)C(N)C(=O)O. The maximum Gasteiger partial charge on any atom is 0.321 e. The van der Waals surface area contributed by atoms with Crippen LogP contribution in [0.5, 0.6) is 0 Å². The molecule has 4 nitrogen and oxygen atoms in total. The maximum absolute atomic E-state index is 10.8. The Labute approximate surface area is 88.3 Å². The maximum atomic E-state index is 10.8. The predicted octanol–water partition coefficient (Wildman–Crippen LogP) is 0.563. The molecule has 0 aliphatic heterocycles. The van der Waals surface area contributed by atoms with Gasteiger partial charge in [-0.15, -0.1) is 0 Å². The number of hydrogen-bond donors (Lipinski definition) is 3. The zero-order valence-electron chi connectivity index (χ0n) is 8.50. The predicted molar refractivity (Wildman–Crippen MR) is 56.5 cm³/mol. The highest BCUT2D eigenvalue weighted by Gasteiger charge is 2.29. The molecule has 0 amide bonds. The molecule has 1 aromatic rings. The molecule has 4 heteroatoms. The molecule has 15 heavy (non-hydrogen) atoms. The largest absolute Gasteiger partial charge is 0.480 e. The number of carbonyl (C=O) groups is 1. The van der Waals surface area contributed by atoms with Crippen LogP contribution in [0.2, 0.25) is 0 Å². The Balaban J connectivity index is 2.99.